The SMILES string of the molecule is COc1ccc(N(C)C)c(-c2ccc(NC(=O)c3ccncc3C)cc2)c1. The monoisotopic (exact) mass is 361 g/mol. The minimum absolute atomic E-state index is 0.141. The van der Waals surface area contributed by atoms with E-state index in [-0.39, 0.29) is 5.91 Å². The van der Waals surface area contributed by atoms with Gasteiger partial charge in [-0.1, -0.05) is 12.1 Å². The number of hydrogen-bond donors (Lipinski definition) is 1. The summed E-state index contributed by atoms with van der Waals surface area (Å²) in [5.74, 6) is 0.666. The molecule has 0 aliphatic carbocycles. The van der Waals surface area contributed by atoms with Gasteiger partial charge in [0, 0.05) is 49.0 Å². The zero-order valence-corrected chi connectivity index (χ0v) is 16.0. The number of nitrogens with one attached hydrogen (secondary N) is 1. The van der Waals surface area contributed by atoms with Crippen LogP contribution in [0, 0.1) is 6.92 Å². The summed E-state index contributed by atoms with van der Waals surface area (Å²) in [6, 6.07) is 15.5. The molecule has 0 radical (unpaired) electrons. The van der Waals surface area contributed by atoms with Gasteiger partial charge in [-0.15, -0.1) is 0 Å². The lowest BCUT2D eigenvalue weighted by atomic mass is 10.0. The molecule has 0 spiro atoms. The van der Waals surface area contributed by atoms with Crippen LogP contribution in [0.1, 0.15) is 15.9 Å². The van der Waals surface area contributed by atoms with Crippen molar-refractivity contribution < 1.29 is 9.53 Å². The average Bonchev–Trinajstić information content (AvgIpc) is 2.68. The van der Waals surface area contributed by atoms with Crippen molar-refractivity contribution in [3.8, 4) is 16.9 Å². The number of hydrogen-bond acceptors (Lipinski definition) is 4. The highest BCUT2D eigenvalue weighted by Crippen LogP contribution is 2.34. The van der Waals surface area contributed by atoms with Gasteiger partial charge in [0.25, 0.3) is 5.91 Å². The van der Waals surface area contributed by atoms with Crippen LogP contribution in [0.15, 0.2) is 60.9 Å². The predicted octanol–water partition coefficient (Wildman–Crippen LogP) is 4.38. The fourth-order valence-electron chi connectivity index (χ4n) is 2.92. The van der Waals surface area contributed by atoms with Crippen molar-refractivity contribution in [1.29, 1.82) is 0 Å². The normalized spacial score (nSPS) is 10.4. The first kappa shape index (κ1) is 18.5. The Morgan fingerprint density at radius 3 is 2.44 bits per heavy atom. The molecule has 5 nitrogen and oxygen atoms in total. The van der Waals surface area contributed by atoms with Crippen molar-refractivity contribution in [1.82, 2.24) is 4.98 Å². The summed E-state index contributed by atoms with van der Waals surface area (Å²) in [7, 11) is 5.68. The van der Waals surface area contributed by atoms with Gasteiger partial charge in [0.15, 0.2) is 0 Å². The second-order valence-corrected chi connectivity index (χ2v) is 6.50. The first-order valence-corrected chi connectivity index (χ1v) is 8.67. The van der Waals surface area contributed by atoms with Crippen LogP contribution in [0.5, 0.6) is 5.75 Å². The summed E-state index contributed by atoms with van der Waals surface area (Å²) in [5.41, 5.74) is 5.43. The number of aryl methyl sites for hydroxylation is 1. The van der Waals surface area contributed by atoms with Gasteiger partial charge in [0.1, 0.15) is 5.75 Å². The van der Waals surface area contributed by atoms with Gasteiger partial charge in [-0.25, -0.2) is 0 Å². The third-order valence-corrected chi connectivity index (χ3v) is 4.40. The van der Waals surface area contributed by atoms with Gasteiger partial charge in [0.05, 0.1) is 7.11 Å². The number of carbonyl (C=O) groups excluding carboxylic acids is 1. The van der Waals surface area contributed by atoms with Crippen molar-refractivity contribution >= 4 is 17.3 Å². The average molecular weight is 361 g/mol. The third kappa shape index (κ3) is 4.08. The predicted molar refractivity (Wildman–Crippen MR) is 110 cm³/mol. The molecule has 27 heavy (non-hydrogen) atoms. The van der Waals surface area contributed by atoms with Gasteiger partial charge in [-0.05, 0) is 54.4 Å². The molecule has 2 aromatic carbocycles. The summed E-state index contributed by atoms with van der Waals surface area (Å²) < 4.78 is 5.37. The lowest BCUT2D eigenvalue weighted by Crippen LogP contribution is -2.13. The number of amides is 1. The van der Waals surface area contributed by atoms with Gasteiger partial charge in [0.2, 0.25) is 0 Å². The van der Waals surface area contributed by atoms with E-state index in [0.717, 1.165) is 33.8 Å². The highest BCUT2D eigenvalue weighted by Gasteiger charge is 2.11. The van der Waals surface area contributed by atoms with Crippen molar-refractivity contribution in [2.45, 2.75) is 6.92 Å². The Labute approximate surface area is 159 Å². The van der Waals surface area contributed by atoms with E-state index >= 15 is 0 Å². The quantitative estimate of drug-likeness (QED) is 0.732. The second kappa shape index (κ2) is 7.91. The van der Waals surface area contributed by atoms with Crippen LogP contribution in [-0.4, -0.2) is 32.1 Å². The van der Waals surface area contributed by atoms with Crippen LogP contribution >= 0.6 is 0 Å². The number of benzene rings is 2. The molecule has 0 fully saturated rings. The standard InChI is InChI=1S/C22H23N3O2/c1-15-14-23-12-11-19(15)22(26)24-17-7-5-16(6-8-17)20-13-18(27-4)9-10-21(20)25(2)3/h5-14H,1-4H3,(H,24,26). The van der Waals surface area contributed by atoms with Gasteiger partial charge in [-0.2, -0.15) is 0 Å². The summed E-state index contributed by atoms with van der Waals surface area (Å²) in [4.78, 5) is 18.5. The summed E-state index contributed by atoms with van der Waals surface area (Å²) >= 11 is 0. The molecule has 3 aromatic rings. The van der Waals surface area contributed by atoms with Gasteiger partial charge >= 0.3 is 0 Å². The minimum atomic E-state index is -0.141. The Morgan fingerprint density at radius 2 is 1.81 bits per heavy atom. The highest BCUT2D eigenvalue weighted by molar-refractivity contribution is 6.05. The zero-order valence-electron chi connectivity index (χ0n) is 16.0. The maximum atomic E-state index is 12.5. The lowest BCUT2D eigenvalue weighted by Gasteiger charge is -2.19. The molecule has 0 atom stereocenters. The van der Waals surface area contributed by atoms with E-state index in [1.165, 1.54) is 0 Å². The smallest absolute Gasteiger partial charge is 0.256 e. The minimum Gasteiger partial charge on any atom is -0.497 e. The summed E-state index contributed by atoms with van der Waals surface area (Å²) in [5, 5.41) is 2.94. The Hall–Kier alpha value is -3.34. The summed E-state index contributed by atoms with van der Waals surface area (Å²) in [6.45, 7) is 1.87. The molecule has 0 aliphatic rings. The molecule has 3 rings (SSSR count). The van der Waals surface area contributed by atoms with E-state index in [1.54, 1.807) is 25.6 Å². The van der Waals surface area contributed by atoms with E-state index in [0.29, 0.717) is 5.56 Å². The van der Waals surface area contributed by atoms with E-state index in [2.05, 4.69) is 15.2 Å². The number of ether oxygens (including phenoxy) is 1. The Balaban J connectivity index is 1.86. The Kier molecular flexibility index (Phi) is 5.41. The van der Waals surface area contributed by atoms with E-state index in [1.807, 2.05) is 63.5 Å². The number of rotatable bonds is 5. The van der Waals surface area contributed by atoms with Crippen molar-refractivity contribution in [2.24, 2.45) is 0 Å². The molecule has 5 heteroatoms. The molecule has 138 valence electrons. The number of methoxy groups -OCH3 is 1. The molecule has 1 N–H and O–H groups in total. The molecule has 0 saturated heterocycles. The highest BCUT2D eigenvalue weighted by atomic mass is 16.5. The number of nitrogens with zero attached hydrogens (tertiary/aromatic N) is 2. The Bertz CT molecular complexity index is 950. The topological polar surface area (TPSA) is 54.5 Å². The van der Waals surface area contributed by atoms with Crippen molar-refractivity contribution in [3.63, 3.8) is 0 Å². The van der Waals surface area contributed by atoms with Gasteiger partial charge < -0.3 is 15.0 Å². The van der Waals surface area contributed by atoms with Crippen LogP contribution in [0.4, 0.5) is 11.4 Å². The molecular formula is C22H23N3O2. The van der Waals surface area contributed by atoms with Crippen LogP contribution in [0.3, 0.4) is 0 Å². The summed E-state index contributed by atoms with van der Waals surface area (Å²) in [6.07, 6.45) is 3.31. The van der Waals surface area contributed by atoms with Crippen molar-refractivity contribution in [2.75, 3.05) is 31.4 Å². The van der Waals surface area contributed by atoms with Crippen LogP contribution in [0.2, 0.25) is 0 Å². The first-order valence-electron chi connectivity index (χ1n) is 8.67. The molecule has 0 saturated carbocycles. The number of aromatic nitrogens is 1. The van der Waals surface area contributed by atoms with E-state index in [9.17, 15) is 4.79 Å². The fourth-order valence-corrected chi connectivity index (χ4v) is 2.92. The second-order valence-electron chi connectivity index (χ2n) is 6.50. The molecule has 1 amide bonds. The maximum absolute atomic E-state index is 12.5. The fraction of sp³-hybridized carbons (Fsp3) is 0.182. The van der Waals surface area contributed by atoms with Crippen LogP contribution in [0.25, 0.3) is 11.1 Å². The van der Waals surface area contributed by atoms with E-state index in [4.69, 9.17) is 4.74 Å². The Morgan fingerprint density at radius 1 is 1.07 bits per heavy atom. The van der Waals surface area contributed by atoms with E-state index < -0.39 is 0 Å². The maximum Gasteiger partial charge on any atom is 0.256 e. The number of pyridine rings is 1. The third-order valence-electron chi connectivity index (χ3n) is 4.40. The largest absolute Gasteiger partial charge is 0.497 e. The van der Waals surface area contributed by atoms with Gasteiger partial charge in [-0.3, -0.25) is 9.78 Å². The van der Waals surface area contributed by atoms with Crippen molar-refractivity contribution in [3.05, 3.63) is 72.1 Å². The molecular weight excluding hydrogens is 338 g/mol. The molecule has 1 heterocycles. The lowest BCUT2D eigenvalue weighted by molar-refractivity contribution is 0.102. The zero-order chi connectivity index (χ0) is 19.4. The molecule has 0 bridgehead atoms. The number of carbonyl (C=O) groups is 1. The van der Waals surface area contributed by atoms with Crippen LogP contribution < -0.4 is 15.0 Å². The first-order chi connectivity index (χ1) is 13.0. The van der Waals surface area contributed by atoms with Crippen LogP contribution in [-0.2, 0) is 0 Å². The molecule has 0 aliphatic heterocycles. The molecule has 0 unspecified atom stereocenters. The number of anilines is 2. The molecule has 1 aromatic heterocycles.